The van der Waals surface area contributed by atoms with Gasteiger partial charge in [-0.3, -0.25) is 9.59 Å². The number of imide groups is 1. The number of hydrogen-bond acceptors (Lipinski definition) is 6. The summed E-state index contributed by atoms with van der Waals surface area (Å²) in [5, 5.41) is 13.1. The van der Waals surface area contributed by atoms with E-state index in [1.165, 1.54) is 29.2 Å². The summed E-state index contributed by atoms with van der Waals surface area (Å²) in [7, 11) is -2.38. The smallest absolute Gasteiger partial charge is 0.257 e. The Kier molecular flexibility index (Phi) is 11.3. The minimum atomic E-state index is -2.38. The molecular formula is C40H43F2N3O4Si. The van der Waals surface area contributed by atoms with E-state index in [1.54, 1.807) is 54.6 Å². The lowest BCUT2D eigenvalue weighted by atomic mass is 9.85. The maximum absolute atomic E-state index is 15.0. The minimum absolute atomic E-state index is 0.132. The zero-order valence-corrected chi connectivity index (χ0v) is 30.0. The molecule has 1 N–H and O–H groups in total. The Bertz CT molecular complexity index is 1820. The summed E-state index contributed by atoms with van der Waals surface area (Å²) in [6, 6.07) is 29.5. The highest BCUT2D eigenvalue weighted by Gasteiger charge is 2.44. The Morgan fingerprint density at radius 3 is 2.20 bits per heavy atom. The molecule has 0 aliphatic carbocycles. The average molecular weight is 696 g/mol. The lowest BCUT2D eigenvalue weighted by Gasteiger charge is -2.40. The molecule has 0 radical (unpaired) electrons. The van der Waals surface area contributed by atoms with E-state index in [9.17, 15) is 23.6 Å². The fourth-order valence-electron chi connectivity index (χ4n) is 5.92. The van der Waals surface area contributed by atoms with Crippen LogP contribution in [-0.2, 0) is 18.8 Å². The van der Waals surface area contributed by atoms with Gasteiger partial charge < -0.3 is 14.5 Å². The first-order chi connectivity index (χ1) is 23.8. The highest BCUT2D eigenvalue weighted by atomic mass is 28.4. The summed E-state index contributed by atoms with van der Waals surface area (Å²) in [6.07, 6.45) is -0.824. The SMILES string of the molecule is CC(C)(C)[Si](C)(C)OC(CCC(C(=O)N1C(=O)COC1c1ccccc1)C(Nc1ccc(F)cc1)c1cccc(C#N)c1)c1ccc(F)cc1. The quantitative estimate of drug-likeness (QED) is 0.149. The van der Waals surface area contributed by atoms with Gasteiger partial charge in [-0.05, 0) is 90.6 Å². The van der Waals surface area contributed by atoms with Crippen molar-refractivity contribution in [1.82, 2.24) is 4.90 Å². The molecule has 7 nitrogen and oxygen atoms in total. The van der Waals surface area contributed by atoms with Crippen LogP contribution in [0.25, 0.3) is 0 Å². The van der Waals surface area contributed by atoms with E-state index in [2.05, 4.69) is 45.3 Å². The van der Waals surface area contributed by atoms with Crippen molar-refractivity contribution in [3.63, 3.8) is 0 Å². The molecule has 2 amide bonds. The van der Waals surface area contributed by atoms with Gasteiger partial charge in [-0.2, -0.15) is 5.26 Å². The number of nitriles is 1. The van der Waals surface area contributed by atoms with Crippen molar-refractivity contribution in [3.8, 4) is 6.07 Å². The molecule has 0 spiro atoms. The third kappa shape index (κ3) is 8.53. The number of amides is 2. The van der Waals surface area contributed by atoms with E-state index in [-0.39, 0.29) is 23.9 Å². The zero-order chi connectivity index (χ0) is 36.1. The molecule has 0 saturated carbocycles. The fourth-order valence-corrected chi connectivity index (χ4v) is 7.23. The van der Waals surface area contributed by atoms with Gasteiger partial charge >= 0.3 is 0 Å². The lowest BCUT2D eigenvalue weighted by molar-refractivity contribution is -0.149. The molecule has 260 valence electrons. The molecule has 1 saturated heterocycles. The number of carbonyl (C=O) groups excluding carboxylic acids is 2. The highest BCUT2D eigenvalue weighted by molar-refractivity contribution is 6.74. The summed E-state index contributed by atoms with van der Waals surface area (Å²) >= 11 is 0. The van der Waals surface area contributed by atoms with Crippen molar-refractivity contribution >= 4 is 25.8 Å². The number of nitrogens with zero attached hydrogens (tertiary/aromatic N) is 2. The summed E-state index contributed by atoms with van der Waals surface area (Å²) in [5.74, 6) is -2.60. The minimum Gasteiger partial charge on any atom is -0.410 e. The normalized spacial score (nSPS) is 16.8. The van der Waals surface area contributed by atoms with E-state index in [1.807, 2.05) is 24.3 Å². The standard InChI is InChI=1S/C40H43F2N3O4Si/c1-40(2,3)50(4,5)49-35(28-14-16-31(41)17-15-28)23-22-34(38(47)45-36(46)26-48-39(45)29-11-7-6-8-12-29)37(30-13-9-10-27(24-30)25-43)44-33-20-18-32(42)19-21-33/h6-21,24,34-35,37,39,44H,22-23,26H2,1-5H3. The molecule has 0 bridgehead atoms. The first kappa shape index (κ1) is 36.6. The summed E-state index contributed by atoms with van der Waals surface area (Å²) in [6.45, 7) is 10.4. The molecule has 5 rings (SSSR count). The van der Waals surface area contributed by atoms with Crippen LogP contribution < -0.4 is 5.32 Å². The van der Waals surface area contributed by atoms with Crippen molar-refractivity contribution in [3.05, 3.63) is 137 Å². The predicted molar refractivity (Wildman–Crippen MR) is 191 cm³/mol. The Hall–Kier alpha value is -4.69. The van der Waals surface area contributed by atoms with Crippen molar-refractivity contribution in [2.75, 3.05) is 11.9 Å². The molecule has 1 aliphatic rings. The van der Waals surface area contributed by atoms with E-state index in [4.69, 9.17) is 9.16 Å². The summed E-state index contributed by atoms with van der Waals surface area (Å²) in [4.78, 5) is 29.6. The molecule has 4 atom stereocenters. The van der Waals surface area contributed by atoms with Crippen LogP contribution in [0.2, 0.25) is 18.1 Å². The molecule has 10 heteroatoms. The summed E-state index contributed by atoms with van der Waals surface area (Å²) < 4.78 is 40.9. The second-order valence-electron chi connectivity index (χ2n) is 14.1. The Balaban J connectivity index is 1.61. The average Bonchev–Trinajstić information content (AvgIpc) is 3.49. The molecule has 1 aliphatic heterocycles. The largest absolute Gasteiger partial charge is 0.410 e. The van der Waals surface area contributed by atoms with Gasteiger partial charge in [0.1, 0.15) is 18.2 Å². The van der Waals surface area contributed by atoms with Gasteiger partial charge in [0.2, 0.25) is 5.91 Å². The van der Waals surface area contributed by atoms with Crippen molar-refractivity contribution < 1.29 is 27.5 Å². The molecule has 4 unspecified atom stereocenters. The molecule has 4 aromatic carbocycles. The molecule has 4 aromatic rings. The van der Waals surface area contributed by atoms with Crippen LogP contribution in [0.15, 0.2) is 103 Å². The molecule has 50 heavy (non-hydrogen) atoms. The van der Waals surface area contributed by atoms with Gasteiger partial charge in [-0.1, -0.05) is 75.4 Å². The van der Waals surface area contributed by atoms with Crippen LogP contribution in [-0.4, -0.2) is 31.6 Å². The van der Waals surface area contributed by atoms with E-state index >= 15 is 0 Å². The Morgan fingerprint density at radius 1 is 0.940 bits per heavy atom. The third-order valence-corrected chi connectivity index (χ3v) is 14.2. The molecule has 0 aromatic heterocycles. The maximum Gasteiger partial charge on any atom is 0.257 e. The molecule has 1 heterocycles. The van der Waals surface area contributed by atoms with Crippen LogP contribution in [0.4, 0.5) is 14.5 Å². The van der Waals surface area contributed by atoms with E-state index < -0.39 is 50.2 Å². The Morgan fingerprint density at radius 2 is 1.58 bits per heavy atom. The predicted octanol–water partition coefficient (Wildman–Crippen LogP) is 9.23. The maximum atomic E-state index is 15.0. The monoisotopic (exact) mass is 695 g/mol. The van der Waals surface area contributed by atoms with Crippen LogP contribution in [0, 0.1) is 28.9 Å². The first-order valence-electron chi connectivity index (χ1n) is 16.8. The van der Waals surface area contributed by atoms with Gasteiger partial charge in [0, 0.05) is 11.3 Å². The number of anilines is 1. The van der Waals surface area contributed by atoms with Gasteiger partial charge in [-0.25, -0.2) is 13.7 Å². The van der Waals surface area contributed by atoms with Crippen LogP contribution in [0.1, 0.15) is 74.2 Å². The second-order valence-corrected chi connectivity index (χ2v) is 18.9. The number of nitrogens with one attached hydrogen (secondary N) is 1. The second kappa shape index (κ2) is 15.5. The van der Waals surface area contributed by atoms with Crippen LogP contribution >= 0.6 is 0 Å². The fraction of sp³-hybridized carbons (Fsp3) is 0.325. The lowest BCUT2D eigenvalue weighted by Crippen LogP contribution is -2.44. The van der Waals surface area contributed by atoms with Crippen LogP contribution in [0.3, 0.4) is 0 Å². The number of benzene rings is 4. The Labute approximate surface area is 294 Å². The van der Waals surface area contributed by atoms with Crippen molar-refractivity contribution in [2.45, 2.75) is 70.1 Å². The number of ether oxygens (including phenoxy) is 1. The van der Waals surface area contributed by atoms with Gasteiger partial charge in [-0.15, -0.1) is 0 Å². The molecule has 1 fully saturated rings. The topological polar surface area (TPSA) is 91.7 Å². The number of hydrogen-bond donors (Lipinski definition) is 1. The van der Waals surface area contributed by atoms with Gasteiger partial charge in [0.15, 0.2) is 14.5 Å². The zero-order valence-electron chi connectivity index (χ0n) is 29.0. The number of rotatable bonds is 12. The number of halogens is 2. The van der Waals surface area contributed by atoms with Gasteiger partial charge in [0.05, 0.1) is 29.7 Å². The highest BCUT2D eigenvalue weighted by Crippen LogP contribution is 2.43. The van der Waals surface area contributed by atoms with Crippen molar-refractivity contribution in [2.24, 2.45) is 5.92 Å². The molecular weight excluding hydrogens is 653 g/mol. The van der Waals surface area contributed by atoms with E-state index in [0.29, 0.717) is 28.8 Å². The van der Waals surface area contributed by atoms with Crippen LogP contribution in [0.5, 0.6) is 0 Å². The third-order valence-electron chi connectivity index (χ3n) is 9.68. The van der Waals surface area contributed by atoms with E-state index in [0.717, 1.165) is 5.56 Å². The number of carbonyl (C=O) groups is 2. The van der Waals surface area contributed by atoms with Gasteiger partial charge in [0.25, 0.3) is 5.91 Å². The summed E-state index contributed by atoms with van der Waals surface area (Å²) in [5.41, 5.74) is 3.02. The van der Waals surface area contributed by atoms with Crippen molar-refractivity contribution in [1.29, 1.82) is 5.26 Å². The first-order valence-corrected chi connectivity index (χ1v) is 19.7.